The first-order valence-electron chi connectivity index (χ1n) is 7.64. The van der Waals surface area contributed by atoms with Gasteiger partial charge in [-0.3, -0.25) is 0 Å². The zero-order chi connectivity index (χ0) is 18.3. The quantitative estimate of drug-likeness (QED) is 0.618. The third kappa shape index (κ3) is 3.51. The first kappa shape index (κ1) is 19.0. The maximum absolute atomic E-state index is 14.1. The smallest absolute Gasteiger partial charge is 0.463 e. The van der Waals surface area contributed by atoms with E-state index in [0.717, 1.165) is 13.0 Å². The molecule has 4 nitrogen and oxygen atoms in total. The third-order valence-electron chi connectivity index (χ3n) is 4.57. The van der Waals surface area contributed by atoms with Gasteiger partial charge in [-0.15, -0.1) is 0 Å². The van der Waals surface area contributed by atoms with Crippen molar-refractivity contribution in [2.45, 2.75) is 64.5 Å². The monoisotopic (exact) mass is 349 g/mol. The van der Waals surface area contributed by atoms with Crippen LogP contribution in [0.4, 0.5) is 17.6 Å². The molecule has 0 saturated carbocycles. The number of halogens is 4. The van der Waals surface area contributed by atoms with Gasteiger partial charge in [-0.1, -0.05) is 6.92 Å². The molecule has 1 aromatic heterocycles. The van der Waals surface area contributed by atoms with Crippen molar-refractivity contribution in [1.82, 2.24) is 4.98 Å². The molecule has 0 radical (unpaired) electrons. The highest BCUT2D eigenvalue weighted by Crippen LogP contribution is 2.39. The summed E-state index contributed by atoms with van der Waals surface area (Å²) in [5.74, 6) is -1.71. The van der Waals surface area contributed by atoms with E-state index in [4.69, 9.17) is 9.31 Å². The van der Waals surface area contributed by atoms with E-state index in [-0.39, 0.29) is 5.46 Å². The molecule has 0 aliphatic carbocycles. The Bertz CT molecular complexity index is 611. The minimum Gasteiger partial charge on any atom is -0.463 e. The van der Waals surface area contributed by atoms with Crippen LogP contribution in [0.2, 0.25) is 0 Å². The molecule has 2 heterocycles. The van der Waals surface area contributed by atoms with Gasteiger partial charge in [0.2, 0.25) is 0 Å². The Kier molecular flexibility index (Phi) is 4.89. The second kappa shape index (κ2) is 6.18. The van der Waals surface area contributed by atoms with Crippen LogP contribution in [0.25, 0.3) is 0 Å². The van der Waals surface area contributed by atoms with Crippen molar-refractivity contribution in [2.24, 2.45) is 0 Å². The number of ether oxygens (including phenoxy) is 1. The normalized spacial score (nSPS) is 25.0. The summed E-state index contributed by atoms with van der Waals surface area (Å²) in [6.07, 6.45) is -4.88. The number of aromatic nitrogens is 1. The van der Waals surface area contributed by atoms with E-state index in [1.807, 2.05) is 27.7 Å². The van der Waals surface area contributed by atoms with Crippen LogP contribution >= 0.6 is 0 Å². The molecule has 0 amide bonds. The highest BCUT2D eigenvalue weighted by molar-refractivity contribution is 6.62. The van der Waals surface area contributed by atoms with Gasteiger partial charge in [-0.2, -0.15) is 13.2 Å². The fourth-order valence-corrected chi connectivity index (χ4v) is 2.33. The van der Waals surface area contributed by atoms with Crippen LogP contribution in [0.5, 0.6) is 5.88 Å². The lowest BCUT2D eigenvalue weighted by atomic mass is 9.80. The Labute approximate surface area is 138 Å². The standard InChI is InChI=1S/C15H20BF4NO3/c1-6-14(5)13(3,4)23-16(24-14)10-7-11(17)12(21-8-10)22-9(2)15(18,19)20/h7-9H,6H2,1-5H3/t9-,14?/m1/s1. The average Bonchev–Trinajstić information content (AvgIpc) is 2.71. The molecule has 9 heteroatoms. The van der Waals surface area contributed by atoms with Crippen molar-refractivity contribution in [3.05, 3.63) is 18.1 Å². The summed E-state index contributed by atoms with van der Waals surface area (Å²) in [4.78, 5) is 3.64. The van der Waals surface area contributed by atoms with Crippen LogP contribution < -0.4 is 10.2 Å². The Morgan fingerprint density at radius 1 is 1.29 bits per heavy atom. The molecule has 0 aromatic carbocycles. The van der Waals surface area contributed by atoms with E-state index in [0.29, 0.717) is 6.42 Å². The zero-order valence-corrected chi connectivity index (χ0v) is 14.2. The molecular weight excluding hydrogens is 329 g/mol. The van der Waals surface area contributed by atoms with Crippen molar-refractivity contribution in [3.63, 3.8) is 0 Å². The van der Waals surface area contributed by atoms with Crippen molar-refractivity contribution in [1.29, 1.82) is 0 Å². The summed E-state index contributed by atoms with van der Waals surface area (Å²) >= 11 is 0. The number of hydrogen-bond acceptors (Lipinski definition) is 4. The molecule has 1 saturated heterocycles. The lowest BCUT2D eigenvalue weighted by Crippen LogP contribution is -2.44. The van der Waals surface area contributed by atoms with E-state index in [2.05, 4.69) is 9.72 Å². The first-order valence-corrected chi connectivity index (χ1v) is 7.64. The number of hydrogen-bond donors (Lipinski definition) is 0. The zero-order valence-electron chi connectivity index (χ0n) is 14.2. The predicted molar refractivity (Wildman–Crippen MR) is 80.7 cm³/mol. The fourth-order valence-electron chi connectivity index (χ4n) is 2.33. The van der Waals surface area contributed by atoms with E-state index in [1.165, 1.54) is 6.20 Å². The SMILES string of the molecule is CCC1(C)OB(c2cnc(O[C@H](C)C(F)(F)F)c(F)c2)OC1(C)C. The first-order chi connectivity index (χ1) is 10.9. The van der Waals surface area contributed by atoms with E-state index in [1.54, 1.807) is 0 Å². The summed E-state index contributed by atoms with van der Waals surface area (Å²) in [5, 5.41) is 0. The molecule has 1 fully saturated rings. The molecule has 0 spiro atoms. The second-order valence-electron chi connectivity index (χ2n) is 6.52. The van der Waals surface area contributed by atoms with Crippen molar-refractivity contribution in [3.8, 4) is 5.88 Å². The van der Waals surface area contributed by atoms with Crippen LogP contribution in [-0.4, -0.2) is 35.6 Å². The highest BCUT2D eigenvalue weighted by atomic mass is 19.4. The maximum Gasteiger partial charge on any atom is 0.496 e. The van der Waals surface area contributed by atoms with Crippen LogP contribution in [0.15, 0.2) is 12.3 Å². The van der Waals surface area contributed by atoms with Gasteiger partial charge in [-0.05, 0) is 40.2 Å². The molecule has 1 aliphatic heterocycles. The van der Waals surface area contributed by atoms with Gasteiger partial charge in [0.25, 0.3) is 5.88 Å². The highest BCUT2D eigenvalue weighted by Gasteiger charge is 2.53. The van der Waals surface area contributed by atoms with Gasteiger partial charge in [0.05, 0.1) is 11.2 Å². The molecule has 1 unspecified atom stereocenters. The maximum atomic E-state index is 14.1. The molecule has 24 heavy (non-hydrogen) atoms. The van der Waals surface area contributed by atoms with Crippen molar-refractivity contribution in [2.75, 3.05) is 0 Å². The molecule has 0 bridgehead atoms. The lowest BCUT2D eigenvalue weighted by Gasteiger charge is -2.35. The lowest BCUT2D eigenvalue weighted by molar-refractivity contribution is -0.190. The fraction of sp³-hybridized carbons (Fsp3) is 0.667. The molecule has 1 aromatic rings. The van der Waals surface area contributed by atoms with Gasteiger partial charge >= 0.3 is 13.3 Å². The van der Waals surface area contributed by atoms with Gasteiger partial charge < -0.3 is 14.0 Å². The van der Waals surface area contributed by atoms with Crippen LogP contribution in [0.1, 0.15) is 41.0 Å². The molecule has 2 rings (SSSR count). The number of rotatable bonds is 4. The Balaban J connectivity index is 2.19. The van der Waals surface area contributed by atoms with Gasteiger partial charge in [0.15, 0.2) is 11.9 Å². The summed E-state index contributed by atoms with van der Waals surface area (Å²) in [6, 6.07) is 1.02. The second-order valence-corrected chi connectivity index (χ2v) is 6.52. The van der Waals surface area contributed by atoms with Gasteiger partial charge in [0, 0.05) is 11.7 Å². The van der Waals surface area contributed by atoms with Crippen LogP contribution in [0.3, 0.4) is 0 Å². The minimum atomic E-state index is -4.60. The topological polar surface area (TPSA) is 40.6 Å². The molecule has 1 aliphatic rings. The molecule has 134 valence electrons. The predicted octanol–water partition coefficient (Wildman–Crippen LogP) is 3.24. The summed E-state index contributed by atoms with van der Waals surface area (Å²) < 4.78 is 67.8. The number of pyridine rings is 1. The Morgan fingerprint density at radius 3 is 2.38 bits per heavy atom. The number of alkyl halides is 3. The summed E-state index contributed by atoms with van der Waals surface area (Å²) in [7, 11) is -0.846. The van der Waals surface area contributed by atoms with Gasteiger partial charge in [-0.25, -0.2) is 9.37 Å². The number of nitrogens with zero attached hydrogens (tertiary/aromatic N) is 1. The Morgan fingerprint density at radius 2 is 1.92 bits per heavy atom. The largest absolute Gasteiger partial charge is 0.496 e. The summed E-state index contributed by atoms with van der Waals surface area (Å²) in [5.41, 5.74) is -0.901. The van der Waals surface area contributed by atoms with E-state index >= 15 is 0 Å². The third-order valence-corrected chi connectivity index (χ3v) is 4.57. The summed E-state index contributed by atoms with van der Waals surface area (Å²) in [6.45, 7) is 8.35. The van der Waals surface area contributed by atoms with Crippen LogP contribution in [0, 0.1) is 5.82 Å². The molecule has 2 atom stereocenters. The minimum absolute atomic E-state index is 0.282. The van der Waals surface area contributed by atoms with Crippen molar-refractivity contribution >= 4 is 12.6 Å². The van der Waals surface area contributed by atoms with E-state index in [9.17, 15) is 17.6 Å². The van der Waals surface area contributed by atoms with E-state index < -0.39 is 42.3 Å². The average molecular weight is 349 g/mol. The Hall–Kier alpha value is -1.35. The molecular formula is C15H20BF4NO3. The molecule has 0 N–H and O–H groups in total. The van der Waals surface area contributed by atoms with Gasteiger partial charge in [0.1, 0.15) is 0 Å². The van der Waals surface area contributed by atoms with Crippen molar-refractivity contribution < 1.29 is 31.6 Å². The van der Waals surface area contributed by atoms with Crippen LogP contribution in [-0.2, 0) is 9.31 Å².